The van der Waals surface area contributed by atoms with Crippen molar-refractivity contribution in [1.82, 2.24) is 5.32 Å². The fraction of sp³-hybridized carbons (Fsp3) is 0.462. The molecule has 0 heterocycles. The van der Waals surface area contributed by atoms with Crippen LogP contribution in [0.3, 0.4) is 0 Å². The number of methoxy groups -OCH3 is 1. The third kappa shape index (κ3) is 2.97. The van der Waals surface area contributed by atoms with Crippen molar-refractivity contribution in [1.29, 1.82) is 0 Å². The maximum absolute atomic E-state index is 11.7. The lowest BCUT2D eigenvalue weighted by Crippen LogP contribution is -2.44. The topological polar surface area (TPSA) is 64.3 Å². The van der Waals surface area contributed by atoms with Crippen molar-refractivity contribution >= 4 is 5.91 Å². The Hall–Kier alpha value is -1.55. The quantitative estimate of drug-likeness (QED) is 0.818. The van der Waals surface area contributed by atoms with Gasteiger partial charge in [-0.1, -0.05) is 12.1 Å². The lowest BCUT2D eigenvalue weighted by molar-refractivity contribution is -0.128. The van der Waals surface area contributed by atoms with Crippen molar-refractivity contribution < 1.29 is 9.53 Å². The normalized spacial score (nSPS) is 22.7. The Morgan fingerprint density at radius 3 is 2.94 bits per heavy atom. The molecule has 3 N–H and O–H groups in total. The first-order chi connectivity index (χ1) is 8.19. The summed E-state index contributed by atoms with van der Waals surface area (Å²) >= 11 is 0. The highest BCUT2D eigenvalue weighted by atomic mass is 16.5. The first-order valence-corrected chi connectivity index (χ1v) is 5.85. The molecule has 92 valence electrons. The minimum Gasteiger partial charge on any atom is -0.497 e. The number of carbonyl (C=O) groups excluding carboxylic acids is 1. The van der Waals surface area contributed by atoms with Crippen LogP contribution in [0, 0.1) is 5.92 Å². The third-order valence-electron chi connectivity index (χ3n) is 3.15. The molecule has 4 nitrogen and oxygen atoms in total. The molecule has 1 amide bonds. The molecular weight excluding hydrogens is 216 g/mol. The standard InChI is InChI=1S/C13H18N2O2/c1-17-12-4-2-3-9(5-12)8-15-13(16)10-6-11(14)7-10/h2-5,10-11H,6-8,14H2,1H3,(H,15,16). The van der Waals surface area contributed by atoms with E-state index in [0.717, 1.165) is 24.2 Å². The van der Waals surface area contributed by atoms with Crippen molar-refractivity contribution in [3.05, 3.63) is 29.8 Å². The summed E-state index contributed by atoms with van der Waals surface area (Å²) in [4.78, 5) is 11.7. The molecule has 1 aromatic carbocycles. The highest BCUT2D eigenvalue weighted by molar-refractivity contribution is 5.79. The summed E-state index contributed by atoms with van der Waals surface area (Å²) in [6.07, 6.45) is 1.62. The second-order valence-electron chi connectivity index (χ2n) is 4.50. The van der Waals surface area contributed by atoms with E-state index in [9.17, 15) is 4.79 Å². The predicted molar refractivity (Wildman–Crippen MR) is 65.5 cm³/mol. The molecule has 0 unspecified atom stereocenters. The lowest BCUT2D eigenvalue weighted by Gasteiger charge is -2.31. The average Bonchev–Trinajstić information content (AvgIpc) is 2.32. The van der Waals surface area contributed by atoms with Crippen LogP contribution in [-0.4, -0.2) is 19.1 Å². The van der Waals surface area contributed by atoms with Gasteiger partial charge in [0.05, 0.1) is 7.11 Å². The van der Waals surface area contributed by atoms with Gasteiger partial charge in [-0.15, -0.1) is 0 Å². The molecule has 0 aromatic heterocycles. The zero-order valence-corrected chi connectivity index (χ0v) is 9.98. The van der Waals surface area contributed by atoms with Gasteiger partial charge in [0.2, 0.25) is 5.91 Å². The fourth-order valence-electron chi connectivity index (χ4n) is 1.99. The Morgan fingerprint density at radius 1 is 1.53 bits per heavy atom. The summed E-state index contributed by atoms with van der Waals surface area (Å²) in [5, 5.41) is 2.92. The van der Waals surface area contributed by atoms with Gasteiger partial charge in [-0.3, -0.25) is 4.79 Å². The molecular formula is C13H18N2O2. The van der Waals surface area contributed by atoms with E-state index in [0.29, 0.717) is 6.54 Å². The number of nitrogens with one attached hydrogen (secondary N) is 1. The molecule has 0 atom stereocenters. The summed E-state index contributed by atoms with van der Waals surface area (Å²) in [6, 6.07) is 7.90. The number of amides is 1. The van der Waals surface area contributed by atoms with Gasteiger partial charge in [-0.05, 0) is 30.5 Å². The summed E-state index contributed by atoms with van der Waals surface area (Å²) in [6.45, 7) is 0.543. The molecule has 0 aliphatic heterocycles. The Kier molecular flexibility index (Phi) is 3.64. The lowest BCUT2D eigenvalue weighted by atomic mass is 9.80. The van der Waals surface area contributed by atoms with Gasteiger partial charge in [0, 0.05) is 18.5 Å². The van der Waals surface area contributed by atoms with Crippen LogP contribution in [0.2, 0.25) is 0 Å². The van der Waals surface area contributed by atoms with Crippen molar-refractivity contribution in [3.8, 4) is 5.75 Å². The van der Waals surface area contributed by atoms with E-state index in [1.54, 1.807) is 7.11 Å². The molecule has 0 saturated heterocycles. The monoisotopic (exact) mass is 234 g/mol. The molecule has 4 heteroatoms. The van der Waals surface area contributed by atoms with Gasteiger partial charge in [0.1, 0.15) is 5.75 Å². The summed E-state index contributed by atoms with van der Waals surface area (Å²) < 4.78 is 5.13. The van der Waals surface area contributed by atoms with Gasteiger partial charge >= 0.3 is 0 Å². The molecule has 1 saturated carbocycles. The van der Waals surface area contributed by atoms with Crippen LogP contribution in [-0.2, 0) is 11.3 Å². The van der Waals surface area contributed by atoms with Crippen LogP contribution in [0.5, 0.6) is 5.75 Å². The van der Waals surface area contributed by atoms with Crippen LogP contribution in [0.4, 0.5) is 0 Å². The minimum atomic E-state index is 0.106. The second-order valence-corrected chi connectivity index (χ2v) is 4.50. The fourth-order valence-corrected chi connectivity index (χ4v) is 1.99. The molecule has 1 fully saturated rings. The molecule has 17 heavy (non-hydrogen) atoms. The van der Waals surface area contributed by atoms with E-state index < -0.39 is 0 Å². The van der Waals surface area contributed by atoms with Crippen LogP contribution in [0.25, 0.3) is 0 Å². The first-order valence-electron chi connectivity index (χ1n) is 5.85. The van der Waals surface area contributed by atoms with Crippen LogP contribution in [0.1, 0.15) is 18.4 Å². The Labute approximate surface area is 101 Å². The molecule has 0 radical (unpaired) electrons. The van der Waals surface area contributed by atoms with E-state index in [1.807, 2.05) is 24.3 Å². The number of carbonyl (C=O) groups is 1. The number of rotatable bonds is 4. The largest absolute Gasteiger partial charge is 0.497 e. The van der Waals surface area contributed by atoms with Gasteiger partial charge in [0.25, 0.3) is 0 Å². The summed E-state index contributed by atoms with van der Waals surface area (Å²) in [5.41, 5.74) is 6.70. The minimum absolute atomic E-state index is 0.106. The zero-order valence-electron chi connectivity index (χ0n) is 9.98. The van der Waals surface area contributed by atoms with Gasteiger partial charge in [0.15, 0.2) is 0 Å². The third-order valence-corrected chi connectivity index (χ3v) is 3.15. The molecule has 0 bridgehead atoms. The van der Waals surface area contributed by atoms with E-state index in [1.165, 1.54) is 0 Å². The van der Waals surface area contributed by atoms with Gasteiger partial charge in [-0.2, -0.15) is 0 Å². The average molecular weight is 234 g/mol. The van der Waals surface area contributed by atoms with E-state index in [4.69, 9.17) is 10.5 Å². The van der Waals surface area contributed by atoms with Gasteiger partial charge in [-0.25, -0.2) is 0 Å². The molecule has 1 aromatic rings. The Morgan fingerprint density at radius 2 is 2.29 bits per heavy atom. The number of hydrogen-bond acceptors (Lipinski definition) is 3. The number of benzene rings is 1. The summed E-state index contributed by atoms with van der Waals surface area (Å²) in [5.74, 6) is 1.02. The van der Waals surface area contributed by atoms with E-state index in [-0.39, 0.29) is 17.9 Å². The highest BCUT2D eigenvalue weighted by Crippen LogP contribution is 2.25. The van der Waals surface area contributed by atoms with E-state index >= 15 is 0 Å². The van der Waals surface area contributed by atoms with Gasteiger partial charge < -0.3 is 15.8 Å². The van der Waals surface area contributed by atoms with Crippen LogP contribution in [0.15, 0.2) is 24.3 Å². The van der Waals surface area contributed by atoms with Crippen LogP contribution < -0.4 is 15.8 Å². The van der Waals surface area contributed by atoms with Crippen molar-refractivity contribution in [2.45, 2.75) is 25.4 Å². The highest BCUT2D eigenvalue weighted by Gasteiger charge is 2.31. The molecule has 1 aliphatic rings. The maximum Gasteiger partial charge on any atom is 0.223 e. The smallest absolute Gasteiger partial charge is 0.223 e. The van der Waals surface area contributed by atoms with Crippen molar-refractivity contribution in [3.63, 3.8) is 0 Å². The molecule has 1 aliphatic carbocycles. The summed E-state index contributed by atoms with van der Waals surface area (Å²) in [7, 11) is 1.63. The number of nitrogens with two attached hydrogens (primary N) is 1. The SMILES string of the molecule is COc1cccc(CNC(=O)C2CC(N)C2)c1. The zero-order chi connectivity index (χ0) is 12.3. The van der Waals surface area contributed by atoms with Crippen molar-refractivity contribution in [2.24, 2.45) is 11.7 Å². The van der Waals surface area contributed by atoms with Crippen LogP contribution >= 0.6 is 0 Å². The molecule has 0 spiro atoms. The Bertz CT molecular complexity index is 400. The first kappa shape index (κ1) is 11.9. The van der Waals surface area contributed by atoms with E-state index in [2.05, 4.69) is 5.32 Å². The molecule has 2 rings (SSSR count). The maximum atomic E-state index is 11.7. The Balaban J connectivity index is 1.82. The second kappa shape index (κ2) is 5.19. The number of hydrogen-bond donors (Lipinski definition) is 2. The van der Waals surface area contributed by atoms with Crippen molar-refractivity contribution in [2.75, 3.05) is 7.11 Å². The number of ether oxygens (including phenoxy) is 1. The predicted octanol–water partition coefficient (Wildman–Crippen LogP) is 1.05.